The average molecular weight is 1430 g/mol. The molecule has 12 aliphatic heterocycles. The quantitative estimate of drug-likeness (QED) is 0.0187. The first-order chi connectivity index (χ1) is 44.8. The molecule has 12 saturated heterocycles. The molecule has 40 heteroatoms. The van der Waals surface area contributed by atoms with Gasteiger partial charge in [0.1, 0.15) is 147 Å². The molecule has 0 radical (unpaired) electrons. The topological polar surface area (TPSA) is 469 Å². The van der Waals surface area contributed by atoms with Gasteiger partial charge < -0.3 is 78.1 Å². The van der Waals surface area contributed by atoms with Gasteiger partial charge in [0.2, 0.25) is 23.6 Å². The van der Waals surface area contributed by atoms with Gasteiger partial charge in [-0.05, 0) is 51.0 Å². The summed E-state index contributed by atoms with van der Waals surface area (Å²) in [5, 5.41) is 7.24. The monoisotopic (exact) mass is 1430 g/mol. The molecule has 12 fully saturated rings. The molecule has 95 heavy (non-hydrogen) atoms. The van der Waals surface area contributed by atoms with Crippen molar-refractivity contribution in [1.82, 2.24) is 21.3 Å². The van der Waals surface area contributed by atoms with Gasteiger partial charge in [0.15, 0.2) is 0 Å². The van der Waals surface area contributed by atoms with Gasteiger partial charge in [-0.2, -0.15) is 33.7 Å². The van der Waals surface area contributed by atoms with Crippen molar-refractivity contribution >= 4 is 88.0 Å². The highest BCUT2D eigenvalue weighted by Gasteiger charge is 2.74. The lowest BCUT2D eigenvalue weighted by molar-refractivity contribution is -0.156. The Morgan fingerprint density at radius 1 is 0.463 bits per heavy atom. The maximum absolute atomic E-state index is 11.9. The molecule has 0 spiro atoms. The Hall–Kier alpha value is -5.96. The van der Waals surface area contributed by atoms with E-state index in [-0.39, 0.29) is 121 Å². The van der Waals surface area contributed by atoms with Crippen LogP contribution in [0.15, 0.2) is 50.6 Å². The third kappa shape index (κ3) is 15.8. The summed E-state index contributed by atoms with van der Waals surface area (Å²) < 4.78 is 180. The highest BCUT2D eigenvalue weighted by Crippen LogP contribution is 2.56. The molecule has 0 aromatic heterocycles. The van der Waals surface area contributed by atoms with Gasteiger partial charge in [-0.15, -0.1) is 0 Å². The first kappa shape index (κ1) is 73.3. The van der Waals surface area contributed by atoms with Crippen LogP contribution in [0.5, 0.6) is 0 Å². The summed E-state index contributed by atoms with van der Waals surface area (Å²) in [6.45, 7) is 17.6. The van der Waals surface area contributed by atoms with Crippen LogP contribution in [-0.2, 0) is 152 Å². The summed E-state index contributed by atoms with van der Waals surface area (Å²) >= 11 is 0. The predicted octanol–water partition coefficient (Wildman–Crippen LogP) is -5.03. The normalized spacial score (nSPS) is 37.5. The molecule has 530 valence electrons. The van der Waals surface area contributed by atoms with Crippen LogP contribution in [0.4, 0.5) is 0 Å². The van der Waals surface area contributed by atoms with Gasteiger partial charge in [0.25, 0.3) is 40.5 Å². The van der Waals surface area contributed by atoms with E-state index < -0.39 is 176 Å². The van der Waals surface area contributed by atoms with Crippen molar-refractivity contribution in [1.29, 1.82) is 0 Å². The van der Waals surface area contributed by atoms with Crippen LogP contribution in [0.3, 0.4) is 0 Å². The molecule has 0 aromatic carbocycles. The number of ether oxygens (including phenoxy) is 12. The maximum Gasteiger partial charge on any atom is 0.332 e. The highest BCUT2D eigenvalue weighted by atomic mass is 32.2. The van der Waals surface area contributed by atoms with Crippen LogP contribution in [-0.4, -0.2) is 278 Å². The third-order valence-corrected chi connectivity index (χ3v) is 24.4. The fraction of sp³-hybridized carbons (Fsp3) is 0.709. The molecule has 12 heterocycles. The van der Waals surface area contributed by atoms with Gasteiger partial charge >= 0.3 is 23.9 Å². The van der Waals surface area contributed by atoms with Crippen LogP contribution >= 0.6 is 0 Å². The van der Waals surface area contributed by atoms with E-state index in [4.69, 9.17) is 73.6 Å². The second-order valence-corrected chi connectivity index (χ2v) is 30.7. The van der Waals surface area contributed by atoms with Gasteiger partial charge in [-0.25, -0.2) is 19.2 Å². The number of hydrogen-bond donors (Lipinski definition) is 4. The van der Waals surface area contributed by atoms with E-state index in [1.54, 1.807) is 20.8 Å². The van der Waals surface area contributed by atoms with Crippen LogP contribution in [0.1, 0.15) is 40.0 Å². The molecule has 12 aliphatic rings. The van der Waals surface area contributed by atoms with Gasteiger partial charge in [0.05, 0.1) is 50.1 Å². The van der Waals surface area contributed by atoms with Crippen molar-refractivity contribution in [2.24, 2.45) is 5.92 Å². The molecular formula is C55H74N4O32S4. The van der Waals surface area contributed by atoms with E-state index in [0.29, 0.717) is 12.8 Å². The number of fused-ring (bicyclic) bond motifs is 4. The Morgan fingerprint density at radius 2 is 0.895 bits per heavy atom. The summed E-state index contributed by atoms with van der Waals surface area (Å²) in [6, 6.07) is 0. The zero-order valence-electron chi connectivity index (χ0n) is 51.4. The Balaban J connectivity index is 0.000000149. The van der Waals surface area contributed by atoms with Crippen LogP contribution < -0.4 is 21.3 Å². The first-order valence-electron chi connectivity index (χ1n) is 29.9. The highest BCUT2D eigenvalue weighted by molar-refractivity contribution is 7.88. The van der Waals surface area contributed by atoms with Crippen LogP contribution in [0.2, 0.25) is 0 Å². The third-order valence-electron chi connectivity index (χ3n) is 17.4. The molecule has 12 rings (SSSR count). The van der Waals surface area contributed by atoms with Gasteiger partial charge in [0, 0.05) is 12.3 Å². The fourth-order valence-electron chi connectivity index (χ4n) is 13.4. The first-order valence-corrected chi connectivity index (χ1v) is 35.7. The fourth-order valence-corrected chi connectivity index (χ4v) is 20.5. The van der Waals surface area contributed by atoms with Crippen molar-refractivity contribution in [3.05, 3.63) is 50.6 Å². The molecule has 0 aromatic rings. The molecule has 21 atom stereocenters. The Labute approximate surface area is 545 Å². The molecule has 21 unspecified atom stereocenters. The standard InChI is InChI=1S/3C14H19NO8S.C13H17NO8S/c1-3-10(16)15-4-5-20-11(17)7-21-12-8-6-9-13(22-8)14(12,2)23-24(9,18)19;1-3-9(16)15-4-5-20-10(17)7-21-13-12-11-8(24(18,19)23-12)6-14(13,2)22-11;1-3-8(16)15-4-5-20-9(17)6-21-11-10-7(2)14-13(22-10)12(11)23-24(14,18)19;1-2-9(15)14-3-4-19-10(16)6-20-11-7-5-8-12(21-7)13(11)22-23(8,17)18/h3,8-9,12-13H,1,4-7H2,2H3,(H,15,16);3,8,11-13H,1,4-7H2,2H3,(H,15,16);3,7,10-14H,1,4-6H2,2H3,(H,15,16);2,7-8,11-13H,1,3-6H2,(H,14,15). The zero-order chi connectivity index (χ0) is 69.2. The van der Waals surface area contributed by atoms with Crippen molar-refractivity contribution in [3.63, 3.8) is 0 Å². The van der Waals surface area contributed by atoms with Crippen LogP contribution in [0, 0.1) is 5.92 Å². The second kappa shape index (κ2) is 29.6. The molecule has 36 nitrogen and oxygen atoms in total. The van der Waals surface area contributed by atoms with Crippen LogP contribution in [0.25, 0.3) is 0 Å². The van der Waals surface area contributed by atoms with Gasteiger partial charge in [-0.3, -0.25) is 35.9 Å². The number of nitrogens with one attached hydrogen (secondary N) is 4. The summed E-state index contributed by atoms with van der Waals surface area (Å²) in [5.74, 6) is -4.15. The van der Waals surface area contributed by atoms with E-state index in [0.717, 1.165) is 24.3 Å². The predicted molar refractivity (Wildman–Crippen MR) is 313 cm³/mol. The van der Waals surface area contributed by atoms with E-state index in [9.17, 15) is 72.0 Å². The summed E-state index contributed by atoms with van der Waals surface area (Å²) in [6.07, 6.45) is -2.65. The van der Waals surface area contributed by atoms with E-state index >= 15 is 0 Å². The van der Waals surface area contributed by atoms with Gasteiger partial charge in [-0.1, -0.05) is 33.2 Å². The smallest absolute Gasteiger partial charge is 0.332 e. The molecular weight excluding hydrogens is 1360 g/mol. The maximum atomic E-state index is 11.9. The Kier molecular flexibility index (Phi) is 22.9. The lowest BCUT2D eigenvalue weighted by Crippen LogP contribution is -2.50. The number of carbonyl (C=O) groups is 8. The van der Waals surface area contributed by atoms with E-state index in [1.165, 1.54) is 0 Å². The largest absolute Gasteiger partial charge is 0.462 e. The van der Waals surface area contributed by atoms with Crippen molar-refractivity contribution in [2.75, 3.05) is 79.0 Å². The Morgan fingerprint density at radius 3 is 1.40 bits per heavy atom. The Bertz CT molecular complexity index is 3430. The minimum atomic E-state index is -3.66. The number of amides is 4. The molecule has 8 bridgehead atoms. The van der Waals surface area contributed by atoms with Crippen molar-refractivity contribution in [2.45, 2.75) is 158 Å². The van der Waals surface area contributed by atoms with Crippen molar-refractivity contribution < 1.29 is 146 Å². The molecule has 4 N–H and O–H groups in total. The summed E-state index contributed by atoms with van der Waals surface area (Å²) in [7, 11) is -14.5. The number of rotatable bonds is 28. The molecule has 4 amide bonds. The van der Waals surface area contributed by atoms with E-state index in [2.05, 4.69) is 47.6 Å². The minimum absolute atomic E-state index is 0.000779. The number of carbonyl (C=O) groups excluding carboxylic acids is 8. The minimum Gasteiger partial charge on any atom is -0.462 e. The van der Waals surface area contributed by atoms with E-state index in [1.807, 2.05) is 0 Å². The molecule has 0 aliphatic carbocycles. The number of esters is 4. The lowest BCUT2D eigenvalue weighted by atomic mass is 9.83. The zero-order valence-corrected chi connectivity index (χ0v) is 54.7. The SMILES string of the molecule is C=CC(=O)NCCOC(=O)COC1C2CC3C(O2)C1(C)OS3(=O)=O.C=CC(=O)NCCOC(=O)COC1C2CC3C(O2)C1OS3(=O)=O.C=CC(=O)NCCOC(=O)COC1C2OC3C1OS(=O)(=O)C3C2C.C=CC(=O)NCCOC(=O)COC1C2OS(=O)(=O)C3CC1(C)OC23. The lowest BCUT2D eigenvalue weighted by Gasteiger charge is -2.30. The second-order valence-electron chi connectivity index (χ2n) is 23.6. The molecule has 0 saturated carbocycles. The van der Waals surface area contributed by atoms with Crippen molar-refractivity contribution in [3.8, 4) is 0 Å². The summed E-state index contributed by atoms with van der Waals surface area (Å²) in [5.41, 5.74) is -1.90. The summed E-state index contributed by atoms with van der Waals surface area (Å²) in [4.78, 5) is 90.2. The average Bonchev–Trinajstić information content (AvgIpc) is 1.56. The number of hydrogen-bond acceptors (Lipinski definition) is 32.